The van der Waals surface area contributed by atoms with Crippen molar-refractivity contribution in [1.82, 2.24) is 15.3 Å². The molecule has 1 aromatic heterocycles. The molecule has 0 amide bonds. The summed E-state index contributed by atoms with van der Waals surface area (Å²) in [7, 11) is 3.79. The Labute approximate surface area is 206 Å². The Morgan fingerprint density at radius 1 is 1.09 bits per heavy atom. The van der Waals surface area contributed by atoms with Crippen LogP contribution in [0.15, 0.2) is 34.9 Å². The standard InChI is InChI=1S/C20H25BrF3N5O.2ClH/c1-29(2)19-25-10-9-18(28-19)27-16-7-5-15(6-8-16)26-12-13-3-4-14(21)11-17(13)30-20(22,23)24;;/h3-4,9-11,15-16,26H,5-8,12H2,1-2H3,(H,25,27,28);2*1H/t15-,16+;;. The van der Waals surface area contributed by atoms with E-state index < -0.39 is 6.36 Å². The van der Waals surface area contributed by atoms with Crippen molar-refractivity contribution in [2.45, 2.75) is 50.7 Å². The number of nitrogens with zero attached hydrogens (tertiary/aromatic N) is 3. The molecule has 1 aliphatic carbocycles. The summed E-state index contributed by atoms with van der Waals surface area (Å²) in [6, 6.07) is 7.10. The highest BCUT2D eigenvalue weighted by molar-refractivity contribution is 9.10. The number of anilines is 2. The van der Waals surface area contributed by atoms with Gasteiger partial charge in [-0.2, -0.15) is 4.98 Å². The first-order chi connectivity index (χ1) is 14.2. The summed E-state index contributed by atoms with van der Waals surface area (Å²) in [5.74, 6) is 1.27. The predicted molar refractivity (Wildman–Crippen MR) is 128 cm³/mol. The van der Waals surface area contributed by atoms with Crippen LogP contribution in [0.5, 0.6) is 5.75 Å². The lowest BCUT2D eigenvalue weighted by Gasteiger charge is -2.30. The number of rotatable bonds is 7. The van der Waals surface area contributed by atoms with Gasteiger partial charge in [-0.3, -0.25) is 0 Å². The van der Waals surface area contributed by atoms with Crippen molar-refractivity contribution < 1.29 is 17.9 Å². The molecule has 3 rings (SSSR count). The minimum Gasteiger partial charge on any atom is -0.405 e. The Hall–Kier alpha value is -1.49. The summed E-state index contributed by atoms with van der Waals surface area (Å²) in [6.07, 6.45) is 0.768. The molecule has 1 heterocycles. The van der Waals surface area contributed by atoms with Crippen LogP contribution < -0.4 is 20.3 Å². The number of hydrogen-bond acceptors (Lipinski definition) is 6. The number of nitrogens with one attached hydrogen (secondary N) is 2. The van der Waals surface area contributed by atoms with E-state index in [4.69, 9.17) is 0 Å². The molecule has 0 atom stereocenters. The fraction of sp³-hybridized carbons (Fsp3) is 0.500. The Balaban J connectivity index is 0.00000256. The van der Waals surface area contributed by atoms with Crippen molar-refractivity contribution in [1.29, 1.82) is 0 Å². The van der Waals surface area contributed by atoms with Gasteiger partial charge in [-0.15, -0.1) is 38.0 Å². The van der Waals surface area contributed by atoms with E-state index in [9.17, 15) is 13.2 Å². The number of benzene rings is 1. The maximum absolute atomic E-state index is 12.7. The second-order valence-corrected chi connectivity index (χ2v) is 8.43. The number of ether oxygens (including phenoxy) is 1. The first-order valence-electron chi connectivity index (χ1n) is 9.74. The summed E-state index contributed by atoms with van der Waals surface area (Å²) >= 11 is 3.19. The van der Waals surface area contributed by atoms with Crippen molar-refractivity contribution >= 4 is 52.5 Å². The van der Waals surface area contributed by atoms with Crippen LogP contribution in [0.2, 0.25) is 0 Å². The monoisotopic (exact) mass is 559 g/mol. The molecular weight excluding hydrogens is 534 g/mol. The minimum atomic E-state index is -4.72. The van der Waals surface area contributed by atoms with Crippen molar-refractivity contribution in [3.63, 3.8) is 0 Å². The first-order valence-corrected chi connectivity index (χ1v) is 10.5. The van der Waals surface area contributed by atoms with Gasteiger partial charge in [0.2, 0.25) is 5.95 Å². The molecular formula is C20H27BrCl2F3N5O. The molecule has 1 aromatic carbocycles. The average Bonchev–Trinajstić information content (AvgIpc) is 2.67. The van der Waals surface area contributed by atoms with Crippen molar-refractivity contribution in [2.75, 3.05) is 24.3 Å². The van der Waals surface area contributed by atoms with E-state index in [1.54, 1.807) is 18.3 Å². The normalized spacial score (nSPS) is 18.2. The van der Waals surface area contributed by atoms with Crippen molar-refractivity contribution in [3.8, 4) is 5.75 Å². The summed E-state index contributed by atoms with van der Waals surface area (Å²) < 4.78 is 42.7. The summed E-state index contributed by atoms with van der Waals surface area (Å²) in [6.45, 7) is 0.319. The predicted octanol–water partition coefficient (Wildman–Crippen LogP) is 5.56. The zero-order valence-corrected chi connectivity index (χ0v) is 20.9. The van der Waals surface area contributed by atoms with Gasteiger partial charge in [-0.1, -0.05) is 22.0 Å². The quantitative estimate of drug-likeness (QED) is 0.462. The summed E-state index contributed by atoms with van der Waals surface area (Å²) in [4.78, 5) is 10.6. The van der Waals surface area contributed by atoms with Gasteiger partial charge in [0.1, 0.15) is 11.6 Å². The highest BCUT2D eigenvalue weighted by Gasteiger charge is 2.32. The van der Waals surface area contributed by atoms with Crippen molar-refractivity contribution in [3.05, 3.63) is 40.5 Å². The fourth-order valence-corrected chi connectivity index (χ4v) is 3.78. The molecule has 0 unspecified atom stereocenters. The van der Waals surface area contributed by atoms with Gasteiger partial charge in [-0.25, -0.2) is 4.98 Å². The zero-order valence-electron chi connectivity index (χ0n) is 17.7. The smallest absolute Gasteiger partial charge is 0.405 e. The van der Waals surface area contributed by atoms with Crippen LogP contribution >= 0.6 is 40.7 Å². The lowest BCUT2D eigenvalue weighted by Crippen LogP contribution is -2.37. The number of halogens is 6. The van der Waals surface area contributed by atoms with E-state index >= 15 is 0 Å². The molecule has 2 aromatic rings. The van der Waals surface area contributed by atoms with E-state index in [1.165, 1.54) is 6.07 Å². The molecule has 0 aliphatic heterocycles. The first kappa shape index (κ1) is 28.5. The second-order valence-electron chi connectivity index (χ2n) is 7.51. The van der Waals surface area contributed by atoms with Gasteiger partial charge < -0.3 is 20.3 Å². The molecule has 12 heteroatoms. The van der Waals surface area contributed by atoms with Crippen LogP contribution in [0.4, 0.5) is 24.9 Å². The molecule has 1 aliphatic rings. The van der Waals surface area contributed by atoms with E-state index in [0.29, 0.717) is 28.6 Å². The van der Waals surface area contributed by atoms with Crippen LogP contribution in [-0.4, -0.2) is 42.5 Å². The van der Waals surface area contributed by atoms with E-state index in [0.717, 1.165) is 31.5 Å². The lowest BCUT2D eigenvalue weighted by atomic mass is 9.91. The molecule has 180 valence electrons. The Bertz CT molecular complexity index is 852. The van der Waals surface area contributed by atoms with E-state index in [-0.39, 0.29) is 36.6 Å². The zero-order chi connectivity index (χ0) is 21.7. The van der Waals surface area contributed by atoms with E-state index in [1.807, 2.05) is 25.1 Å². The molecule has 0 radical (unpaired) electrons. The molecule has 1 saturated carbocycles. The number of aromatic nitrogens is 2. The van der Waals surface area contributed by atoms with Crippen LogP contribution in [0.25, 0.3) is 0 Å². The molecule has 6 nitrogen and oxygen atoms in total. The number of alkyl halides is 3. The second kappa shape index (κ2) is 12.7. The Kier molecular flexibility index (Phi) is 11.3. The summed E-state index contributed by atoms with van der Waals surface area (Å²) in [5.41, 5.74) is 0.480. The number of hydrogen-bond donors (Lipinski definition) is 2. The SMILES string of the molecule is CN(C)c1nccc(N[C@H]2CC[C@@H](NCc3ccc(Br)cc3OC(F)(F)F)CC2)n1.Cl.Cl. The topological polar surface area (TPSA) is 62.3 Å². The maximum Gasteiger partial charge on any atom is 0.573 e. The van der Waals surface area contributed by atoms with Crippen LogP contribution in [0, 0.1) is 0 Å². The maximum atomic E-state index is 12.7. The Morgan fingerprint density at radius 2 is 1.75 bits per heavy atom. The third-order valence-corrected chi connectivity index (χ3v) is 5.45. The van der Waals surface area contributed by atoms with Gasteiger partial charge >= 0.3 is 6.36 Å². The van der Waals surface area contributed by atoms with Gasteiger partial charge in [0.25, 0.3) is 0 Å². The van der Waals surface area contributed by atoms with Gasteiger partial charge in [0.05, 0.1) is 0 Å². The molecule has 32 heavy (non-hydrogen) atoms. The summed E-state index contributed by atoms with van der Waals surface area (Å²) in [5, 5.41) is 6.83. The van der Waals surface area contributed by atoms with E-state index in [2.05, 4.69) is 41.3 Å². The van der Waals surface area contributed by atoms with Crippen molar-refractivity contribution in [2.24, 2.45) is 0 Å². The van der Waals surface area contributed by atoms with Crippen LogP contribution in [-0.2, 0) is 6.54 Å². The molecule has 0 bridgehead atoms. The molecule has 0 spiro atoms. The fourth-order valence-electron chi connectivity index (χ4n) is 3.44. The van der Waals surface area contributed by atoms with Gasteiger partial charge in [0, 0.05) is 49.0 Å². The third-order valence-electron chi connectivity index (χ3n) is 4.96. The molecule has 0 saturated heterocycles. The Morgan fingerprint density at radius 3 is 2.38 bits per heavy atom. The molecule has 1 fully saturated rings. The lowest BCUT2D eigenvalue weighted by molar-refractivity contribution is -0.274. The largest absolute Gasteiger partial charge is 0.573 e. The minimum absolute atomic E-state index is 0. The van der Waals surface area contributed by atoms with Gasteiger partial charge in [0.15, 0.2) is 0 Å². The average molecular weight is 561 g/mol. The third kappa shape index (κ3) is 8.80. The van der Waals surface area contributed by atoms with Crippen LogP contribution in [0.1, 0.15) is 31.2 Å². The molecule has 2 N–H and O–H groups in total. The van der Waals surface area contributed by atoms with Gasteiger partial charge in [-0.05, 0) is 43.9 Å². The highest BCUT2D eigenvalue weighted by Crippen LogP contribution is 2.30. The van der Waals surface area contributed by atoms with Crippen LogP contribution in [0.3, 0.4) is 0 Å². The highest BCUT2D eigenvalue weighted by atomic mass is 79.9.